The van der Waals surface area contributed by atoms with Crippen LogP contribution >= 0.6 is 0 Å². The van der Waals surface area contributed by atoms with Gasteiger partial charge in [0.2, 0.25) is 12.0 Å². The Labute approximate surface area is 129 Å². The van der Waals surface area contributed by atoms with Crippen LogP contribution in [0.4, 0.5) is 0 Å². The fourth-order valence-corrected chi connectivity index (χ4v) is 2.44. The lowest BCUT2D eigenvalue weighted by Crippen LogP contribution is -3.00. The third-order valence-corrected chi connectivity index (χ3v) is 3.49. The number of halogens is 1. The van der Waals surface area contributed by atoms with E-state index in [1.54, 1.807) is 0 Å². The molecule has 1 atom stereocenters. The fraction of sp³-hybridized carbons (Fsp3) is 0.312. The molecular formula is C16H18BrNO2. The van der Waals surface area contributed by atoms with Crippen molar-refractivity contribution in [2.24, 2.45) is 0 Å². The van der Waals surface area contributed by atoms with E-state index in [1.807, 2.05) is 18.2 Å². The van der Waals surface area contributed by atoms with E-state index in [4.69, 9.17) is 9.47 Å². The molecule has 0 aliphatic carbocycles. The molecule has 1 aromatic heterocycles. The summed E-state index contributed by atoms with van der Waals surface area (Å²) in [5, 5.41) is 0. The second kappa shape index (κ2) is 6.97. The van der Waals surface area contributed by atoms with E-state index >= 15 is 0 Å². The molecule has 1 unspecified atom stereocenters. The first-order valence-corrected chi connectivity index (χ1v) is 6.64. The topological polar surface area (TPSA) is 22.3 Å². The Morgan fingerprint density at radius 3 is 2.35 bits per heavy atom. The van der Waals surface area contributed by atoms with Crippen LogP contribution in [0.1, 0.15) is 30.5 Å². The van der Waals surface area contributed by atoms with Gasteiger partial charge in [-0.3, -0.25) is 0 Å². The molecule has 3 nitrogen and oxygen atoms in total. The van der Waals surface area contributed by atoms with Crippen LogP contribution in [0, 0.1) is 0 Å². The number of benzene rings is 1. The average molecular weight is 336 g/mol. The Hall–Kier alpha value is -1.23. The van der Waals surface area contributed by atoms with Crippen LogP contribution in [-0.2, 0) is 9.47 Å². The number of nitrogens with zero attached hydrogens (tertiary/aromatic N) is 1. The summed E-state index contributed by atoms with van der Waals surface area (Å²) in [6.45, 7) is 3.52. The standard InChI is InChI=1S/C16H18NO2.BrH/c1-13(14-7-3-2-4-8-14)17-10-6-5-9-15(17)16-18-11-12-19-16;/h2-10,13,16H,11-12H2,1H3;1H/q+1;/p-1. The molecule has 4 heteroatoms. The van der Waals surface area contributed by atoms with Crippen molar-refractivity contribution >= 4 is 0 Å². The Kier molecular flexibility index (Phi) is 5.29. The van der Waals surface area contributed by atoms with E-state index < -0.39 is 0 Å². The summed E-state index contributed by atoms with van der Waals surface area (Å²) in [6.07, 6.45) is 1.84. The highest BCUT2D eigenvalue weighted by Gasteiger charge is 2.29. The number of ether oxygens (including phenoxy) is 2. The van der Waals surface area contributed by atoms with Crippen molar-refractivity contribution in [3.05, 3.63) is 66.0 Å². The number of hydrogen-bond donors (Lipinski definition) is 0. The minimum atomic E-state index is -0.243. The maximum atomic E-state index is 5.62. The SMILES string of the molecule is CC(c1ccccc1)[n+]1ccccc1C1OCCO1.[Br-]. The largest absolute Gasteiger partial charge is 1.00 e. The molecule has 1 saturated heterocycles. The van der Waals surface area contributed by atoms with Crippen molar-refractivity contribution in [2.75, 3.05) is 13.2 Å². The van der Waals surface area contributed by atoms with Gasteiger partial charge in [0.1, 0.15) is 0 Å². The Bertz CT molecular complexity index is 541. The number of rotatable bonds is 3. The fourth-order valence-electron chi connectivity index (χ4n) is 2.44. The normalized spacial score (nSPS) is 16.6. The summed E-state index contributed by atoms with van der Waals surface area (Å²) in [7, 11) is 0. The van der Waals surface area contributed by atoms with E-state index in [2.05, 4.69) is 48.0 Å². The van der Waals surface area contributed by atoms with Crippen molar-refractivity contribution in [3.8, 4) is 0 Å². The second-order valence-corrected chi connectivity index (χ2v) is 4.69. The molecule has 2 heterocycles. The van der Waals surface area contributed by atoms with Gasteiger partial charge in [-0.2, -0.15) is 4.57 Å². The molecular weight excluding hydrogens is 318 g/mol. The lowest BCUT2D eigenvalue weighted by molar-refractivity contribution is -0.723. The lowest BCUT2D eigenvalue weighted by Gasteiger charge is -2.14. The highest BCUT2D eigenvalue weighted by Crippen LogP contribution is 2.22. The van der Waals surface area contributed by atoms with E-state index in [0.29, 0.717) is 13.2 Å². The van der Waals surface area contributed by atoms with Crippen LogP contribution in [0.5, 0.6) is 0 Å². The van der Waals surface area contributed by atoms with E-state index in [0.717, 1.165) is 5.69 Å². The van der Waals surface area contributed by atoms with Gasteiger partial charge in [-0.05, 0) is 6.07 Å². The first-order valence-electron chi connectivity index (χ1n) is 6.64. The van der Waals surface area contributed by atoms with Crippen molar-refractivity contribution in [1.82, 2.24) is 0 Å². The van der Waals surface area contributed by atoms with Crippen LogP contribution in [-0.4, -0.2) is 13.2 Å². The zero-order valence-corrected chi connectivity index (χ0v) is 13.0. The van der Waals surface area contributed by atoms with Crippen molar-refractivity contribution in [2.45, 2.75) is 19.3 Å². The summed E-state index contributed by atoms with van der Waals surface area (Å²) in [4.78, 5) is 0. The Morgan fingerprint density at radius 1 is 1.00 bits per heavy atom. The molecule has 1 aromatic carbocycles. The smallest absolute Gasteiger partial charge is 0.245 e. The number of hydrogen-bond acceptors (Lipinski definition) is 2. The van der Waals surface area contributed by atoms with Gasteiger partial charge in [0.15, 0.2) is 12.2 Å². The number of pyridine rings is 1. The quantitative estimate of drug-likeness (QED) is 0.714. The van der Waals surface area contributed by atoms with Crippen LogP contribution in [0.25, 0.3) is 0 Å². The van der Waals surface area contributed by atoms with Crippen molar-refractivity contribution < 1.29 is 31.0 Å². The van der Waals surface area contributed by atoms with Crippen LogP contribution in [0.15, 0.2) is 54.7 Å². The molecule has 106 valence electrons. The number of aromatic nitrogens is 1. The molecule has 0 saturated carbocycles. The third-order valence-electron chi connectivity index (χ3n) is 3.49. The molecule has 1 aliphatic heterocycles. The molecule has 1 fully saturated rings. The molecule has 0 spiro atoms. The molecule has 0 amide bonds. The summed E-state index contributed by atoms with van der Waals surface area (Å²) >= 11 is 0. The van der Waals surface area contributed by atoms with E-state index in [9.17, 15) is 0 Å². The van der Waals surface area contributed by atoms with Gasteiger partial charge >= 0.3 is 0 Å². The van der Waals surface area contributed by atoms with Crippen LogP contribution in [0.2, 0.25) is 0 Å². The highest BCUT2D eigenvalue weighted by molar-refractivity contribution is 5.17. The third kappa shape index (κ3) is 3.08. The summed E-state index contributed by atoms with van der Waals surface area (Å²) in [5.41, 5.74) is 2.34. The Balaban J connectivity index is 0.00000147. The maximum absolute atomic E-state index is 5.62. The molecule has 20 heavy (non-hydrogen) atoms. The van der Waals surface area contributed by atoms with Crippen molar-refractivity contribution in [1.29, 1.82) is 0 Å². The second-order valence-electron chi connectivity index (χ2n) is 4.69. The van der Waals surface area contributed by atoms with Crippen LogP contribution in [0.3, 0.4) is 0 Å². The van der Waals surface area contributed by atoms with Gasteiger partial charge < -0.3 is 26.5 Å². The van der Waals surface area contributed by atoms with Gasteiger partial charge in [-0.15, -0.1) is 0 Å². The predicted octanol–water partition coefficient (Wildman–Crippen LogP) is -0.367. The molecule has 3 rings (SSSR count). The first-order chi connectivity index (χ1) is 9.36. The van der Waals surface area contributed by atoms with Gasteiger partial charge in [-0.25, -0.2) is 0 Å². The molecule has 2 aromatic rings. The van der Waals surface area contributed by atoms with Gasteiger partial charge in [0.05, 0.1) is 13.2 Å². The van der Waals surface area contributed by atoms with Crippen LogP contribution < -0.4 is 21.5 Å². The average Bonchev–Trinajstić information content (AvgIpc) is 3.01. The van der Waals surface area contributed by atoms with Gasteiger partial charge in [-0.1, -0.05) is 30.3 Å². The van der Waals surface area contributed by atoms with Crippen molar-refractivity contribution in [3.63, 3.8) is 0 Å². The molecule has 0 bridgehead atoms. The molecule has 0 radical (unpaired) electrons. The van der Waals surface area contributed by atoms with Gasteiger partial charge in [0.25, 0.3) is 0 Å². The summed E-state index contributed by atoms with van der Waals surface area (Å²) in [6, 6.07) is 16.8. The molecule has 1 aliphatic rings. The first kappa shape index (κ1) is 15.2. The summed E-state index contributed by atoms with van der Waals surface area (Å²) < 4.78 is 13.5. The predicted molar refractivity (Wildman–Crippen MR) is 71.5 cm³/mol. The monoisotopic (exact) mass is 335 g/mol. The van der Waals surface area contributed by atoms with Gasteiger partial charge in [0, 0.05) is 24.6 Å². The zero-order chi connectivity index (χ0) is 13.1. The van der Waals surface area contributed by atoms with E-state index in [1.165, 1.54) is 5.56 Å². The molecule has 0 N–H and O–H groups in total. The Morgan fingerprint density at radius 2 is 1.65 bits per heavy atom. The minimum Gasteiger partial charge on any atom is -1.00 e. The lowest BCUT2D eigenvalue weighted by atomic mass is 10.1. The highest BCUT2D eigenvalue weighted by atomic mass is 79.9. The summed E-state index contributed by atoms with van der Waals surface area (Å²) in [5.74, 6) is 0. The maximum Gasteiger partial charge on any atom is 0.245 e. The zero-order valence-electron chi connectivity index (χ0n) is 11.4. The van der Waals surface area contributed by atoms with E-state index in [-0.39, 0.29) is 29.3 Å². The minimum absolute atomic E-state index is 0.